The maximum atomic E-state index is 12.1. The molecule has 2 aromatic carbocycles. The van der Waals surface area contributed by atoms with Crippen LogP contribution in [0.4, 0.5) is 0 Å². The lowest BCUT2D eigenvalue weighted by Crippen LogP contribution is -2.42. The fourth-order valence-corrected chi connectivity index (χ4v) is 3.25. The molecule has 0 radical (unpaired) electrons. The van der Waals surface area contributed by atoms with E-state index in [1.807, 2.05) is 6.07 Å². The zero-order chi connectivity index (χ0) is 18.0. The molecule has 1 aliphatic rings. The second-order valence-corrected chi connectivity index (χ2v) is 6.70. The number of hydrogen-bond acceptors (Lipinski definition) is 6. The third-order valence-corrected chi connectivity index (χ3v) is 4.73. The summed E-state index contributed by atoms with van der Waals surface area (Å²) in [4.78, 5) is 12.1. The van der Waals surface area contributed by atoms with Crippen LogP contribution in [0.5, 0.6) is 23.0 Å². The highest BCUT2D eigenvalue weighted by atomic mass is 79.9. The Morgan fingerprint density at radius 1 is 1.24 bits per heavy atom. The summed E-state index contributed by atoms with van der Waals surface area (Å²) in [6, 6.07) is 8.52. The van der Waals surface area contributed by atoms with Crippen LogP contribution in [0, 0.1) is 0 Å². The summed E-state index contributed by atoms with van der Waals surface area (Å²) < 4.78 is 11.5. The number of fused-ring (bicyclic) bond motifs is 1. The zero-order valence-corrected chi connectivity index (χ0v) is 15.7. The van der Waals surface area contributed by atoms with Gasteiger partial charge in [0.2, 0.25) is 6.10 Å². The molecule has 1 heterocycles. The van der Waals surface area contributed by atoms with E-state index < -0.39 is 12.0 Å². The normalized spacial score (nSPS) is 16.0. The first-order valence-corrected chi connectivity index (χ1v) is 8.67. The van der Waals surface area contributed by atoms with E-state index in [-0.39, 0.29) is 22.6 Å². The second kappa shape index (κ2) is 7.32. The topological polar surface area (TPSA) is 100 Å². The summed E-state index contributed by atoms with van der Waals surface area (Å²) in [5, 5.41) is 23.4. The predicted octanol–water partition coefficient (Wildman–Crippen LogP) is 2.91. The Labute approximate surface area is 159 Å². The first kappa shape index (κ1) is 17.6. The number of amides is 1. The summed E-state index contributed by atoms with van der Waals surface area (Å²) in [6.45, 7) is 0.0694. The summed E-state index contributed by atoms with van der Waals surface area (Å²) in [5.41, 5.74) is 2.63. The van der Waals surface area contributed by atoms with E-state index in [4.69, 9.17) is 9.47 Å². The van der Waals surface area contributed by atoms with Crippen molar-refractivity contribution in [2.75, 3.05) is 6.61 Å². The number of hydrazone groups is 1. The van der Waals surface area contributed by atoms with Gasteiger partial charge in [0.15, 0.2) is 11.5 Å². The molecule has 0 saturated carbocycles. The van der Waals surface area contributed by atoms with Crippen molar-refractivity contribution in [2.45, 2.75) is 6.10 Å². The molecule has 25 heavy (non-hydrogen) atoms. The molecule has 0 spiro atoms. The van der Waals surface area contributed by atoms with E-state index in [9.17, 15) is 15.0 Å². The molecule has 130 valence electrons. The quantitative estimate of drug-likeness (QED) is 0.472. The molecular formula is C16H12Br2N2O5. The van der Waals surface area contributed by atoms with Gasteiger partial charge in [-0.05, 0) is 50.1 Å². The highest BCUT2D eigenvalue weighted by Crippen LogP contribution is 2.40. The molecule has 0 fully saturated rings. The number of carbonyl (C=O) groups excluding carboxylic acids is 1. The maximum Gasteiger partial charge on any atom is 0.284 e. The van der Waals surface area contributed by atoms with Gasteiger partial charge in [0.25, 0.3) is 5.91 Å². The van der Waals surface area contributed by atoms with Gasteiger partial charge in [0.1, 0.15) is 22.6 Å². The maximum absolute atomic E-state index is 12.1. The van der Waals surface area contributed by atoms with E-state index in [1.54, 1.807) is 18.2 Å². The first-order valence-electron chi connectivity index (χ1n) is 7.08. The molecule has 1 amide bonds. The van der Waals surface area contributed by atoms with Crippen molar-refractivity contribution in [2.24, 2.45) is 5.10 Å². The van der Waals surface area contributed by atoms with Crippen molar-refractivity contribution in [1.29, 1.82) is 0 Å². The summed E-state index contributed by atoms with van der Waals surface area (Å²) >= 11 is 6.22. The SMILES string of the molecule is O=C(NN=Cc1cc(Br)c(O)c(Br)c1O)C1COc2ccccc2O1. The van der Waals surface area contributed by atoms with E-state index >= 15 is 0 Å². The van der Waals surface area contributed by atoms with E-state index in [2.05, 4.69) is 42.4 Å². The lowest BCUT2D eigenvalue weighted by Gasteiger charge is -2.24. The number of phenols is 2. The van der Waals surface area contributed by atoms with Gasteiger partial charge in [0, 0.05) is 5.56 Å². The van der Waals surface area contributed by atoms with Crippen LogP contribution in [0.25, 0.3) is 0 Å². The van der Waals surface area contributed by atoms with Crippen molar-refractivity contribution >= 4 is 44.0 Å². The minimum atomic E-state index is -0.834. The molecule has 9 heteroatoms. The fourth-order valence-electron chi connectivity index (χ4n) is 2.10. The lowest BCUT2D eigenvalue weighted by atomic mass is 10.2. The third-order valence-electron chi connectivity index (χ3n) is 3.38. The molecule has 3 N–H and O–H groups in total. The number of aromatic hydroxyl groups is 2. The average molecular weight is 472 g/mol. The smallest absolute Gasteiger partial charge is 0.284 e. The van der Waals surface area contributed by atoms with Crippen LogP contribution < -0.4 is 14.9 Å². The Bertz CT molecular complexity index is 857. The van der Waals surface area contributed by atoms with Gasteiger partial charge in [-0.25, -0.2) is 5.43 Å². The Morgan fingerprint density at radius 3 is 2.72 bits per heavy atom. The zero-order valence-electron chi connectivity index (χ0n) is 12.6. The number of benzene rings is 2. The molecule has 2 aromatic rings. The third kappa shape index (κ3) is 3.72. The van der Waals surface area contributed by atoms with Gasteiger partial charge in [-0.2, -0.15) is 5.10 Å². The number of nitrogens with zero attached hydrogens (tertiary/aromatic N) is 1. The molecule has 0 saturated heterocycles. The summed E-state index contributed by atoms with van der Waals surface area (Å²) in [5.74, 6) is 0.248. The molecule has 1 aliphatic heterocycles. The number of nitrogens with one attached hydrogen (secondary N) is 1. The standard InChI is InChI=1S/C16H12Br2N2O5/c17-9-5-8(14(21)13(18)15(9)22)6-19-20-16(23)12-7-24-10-3-1-2-4-11(10)25-12/h1-6,12,21-22H,7H2,(H,20,23). The van der Waals surface area contributed by atoms with Gasteiger partial charge < -0.3 is 19.7 Å². The molecule has 0 bridgehead atoms. The number of ether oxygens (including phenoxy) is 2. The Morgan fingerprint density at radius 2 is 1.96 bits per heavy atom. The van der Waals surface area contributed by atoms with Crippen LogP contribution in [-0.2, 0) is 4.79 Å². The molecule has 7 nitrogen and oxygen atoms in total. The number of phenolic OH excluding ortho intramolecular Hbond substituents is 2. The van der Waals surface area contributed by atoms with Gasteiger partial charge in [-0.3, -0.25) is 4.79 Å². The van der Waals surface area contributed by atoms with Crippen molar-refractivity contribution < 1.29 is 24.5 Å². The minimum Gasteiger partial charge on any atom is -0.506 e. The molecule has 1 unspecified atom stereocenters. The van der Waals surface area contributed by atoms with Gasteiger partial charge in [-0.1, -0.05) is 12.1 Å². The average Bonchev–Trinajstić information content (AvgIpc) is 2.63. The van der Waals surface area contributed by atoms with Crippen molar-refractivity contribution in [3.05, 3.63) is 44.8 Å². The van der Waals surface area contributed by atoms with Crippen LogP contribution in [0.1, 0.15) is 5.56 Å². The fraction of sp³-hybridized carbons (Fsp3) is 0.125. The highest BCUT2D eigenvalue weighted by molar-refractivity contribution is 9.11. The number of rotatable bonds is 3. The number of para-hydroxylation sites is 2. The number of halogens is 2. The van der Waals surface area contributed by atoms with Crippen molar-refractivity contribution in [3.63, 3.8) is 0 Å². The van der Waals surface area contributed by atoms with Crippen LogP contribution >= 0.6 is 31.9 Å². The van der Waals surface area contributed by atoms with Gasteiger partial charge in [-0.15, -0.1) is 0 Å². The van der Waals surface area contributed by atoms with Crippen LogP contribution in [0.3, 0.4) is 0 Å². The molecule has 0 aliphatic carbocycles. The van der Waals surface area contributed by atoms with E-state index in [0.29, 0.717) is 21.5 Å². The minimum absolute atomic E-state index is 0.0694. The monoisotopic (exact) mass is 470 g/mol. The lowest BCUT2D eigenvalue weighted by molar-refractivity contribution is -0.130. The molecule has 0 aromatic heterocycles. The van der Waals surface area contributed by atoms with Gasteiger partial charge >= 0.3 is 0 Å². The van der Waals surface area contributed by atoms with Crippen LogP contribution in [0.2, 0.25) is 0 Å². The Balaban J connectivity index is 1.66. The first-order chi connectivity index (χ1) is 12.0. The van der Waals surface area contributed by atoms with Crippen LogP contribution in [0.15, 0.2) is 44.4 Å². The number of carbonyl (C=O) groups is 1. The predicted molar refractivity (Wildman–Crippen MR) is 97.3 cm³/mol. The van der Waals surface area contributed by atoms with E-state index in [0.717, 1.165) is 0 Å². The molecule has 3 rings (SSSR count). The largest absolute Gasteiger partial charge is 0.506 e. The number of hydrogen-bond donors (Lipinski definition) is 3. The van der Waals surface area contributed by atoms with Crippen molar-refractivity contribution in [1.82, 2.24) is 5.43 Å². The Hall–Kier alpha value is -2.26. The van der Waals surface area contributed by atoms with E-state index in [1.165, 1.54) is 12.3 Å². The van der Waals surface area contributed by atoms with Gasteiger partial charge in [0.05, 0.1) is 10.7 Å². The van der Waals surface area contributed by atoms with Crippen molar-refractivity contribution in [3.8, 4) is 23.0 Å². The van der Waals surface area contributed by atoms with Crippen LogP contribution in [-0.4, -0.2) is 35.0 Å². The Kier molecular flexibility index (Phi) is 5.14. The molecular weight excluding hydrogens is 460 g/mol. The molecule has 1 atom stereocenters. The summed E-state index contributed by atoms with van der Waals surface area (Å²) in [6.07, 6.45) is 0.416. The highest BCUT2D eigenvalue weighted by Gasteiger charge is 2.27. The summed E-state index contributed by atoms with van der Waals surface area (Å²) in [7, 11) is 0. The second-order valence-electron chi connectivity index (χ2n) is 5.06.